The molecule has 0 radical (unpaired) electrons. The van der Waals surface area contributed by atoms with E-state index in [1.165, 1.54) is 0 Å². The minimum Gasteiger partial charge on any atom is -0.342 e. The molecule has 0 aromatic rings. The van der Waals surface area contributed by atoms with Gasteiger partial charge in [0.25, 0.3) is 0 Å². The molecule has 0 spiro atoms. The van der Waals surface area contributed by atoms with Crippen LogP contribution in [0.2, 0.25) is 0 Å². The number of alkyl halides is 3. The fourth-order valence-electron chi connectivity index (χ4n) is 3.70. The summed E-state index contributed by atoms with van der Waals surface area (Å²) in [5, 5.41) is 3.12. The Kier molecular flexibility index (Phi) is 7.46. The summed E-state index contributed by atoms with van der Waals surface area (Å²) in [5.74, 6) is -2.02. The molecule has 2 rings (SSSR count). The van der Waals surface area contributed by atoms with Crippen LogP contribution in [0.4, 0.5) is 13.2 Å². The number of piperidine rings is 1. The highest BCUT2D eigenvalue weighted by Crippen LogP contribution is 2.42. The van der Waals surface area contributed by atoms with Crippen molar-refractivity contribution in [2.24, 2.45) is 17.8 Å². The molecule has 2 atom stereocenters. The summed E-state index contributed by atoms with van der Waals surface area (Å²) in [4.78, 5) is 14.2. The maximum atomic E-state index is 13.1. The molecular weight excluding hydrogens is 317 g/mol. The molecule has 130 valence electrons. The summed E-state index contributed by atoms with van der Waals surface area (Å²) in [7, 11) is 1.90. The SMILES string of the molecule is CNCC1CCN(C(=O)C2CCCCC2C(F)(F)F)CC1.Cl. The number of nitrogens with one attached hydrogen (secondary N) is 1. The van der Waals surface area contributed by atoms with Crippen molar-refractivity contribution in [3.63, 3.8) is 0 Å². The van der Waals surface area contributed by atoms with Crippen LogP contribution in [0.25, 0.3) is 0 Å². The average molecular weight is 343 g/mol. The maximum Gasteiger partial charge on any atom is 0.392 e. The van der Waals surface area contributed by atoms with Crippen LogP contribution >= 0.6 is 12.4 Å². The van der Waals surface area contributed by atoms with Gasteiger partial charge < -0.3 is 10.2 Å². The van der Waals surface area contributed by atoms with Gasteiger partial charge in [0, 0.05) is 19.0 Å². The van der Waals surface area contributed by atoms with Gasteiger partial charge in [0.1, 0.15) is 0 Å². The molecule has 0 bridgehead atoms. The smallest absolute Gasteiger partial charge is 0.342 e. The van der Waals surface area contributed by atoms with Crippen LogP contribution in [-0.4, -0.2) is 43.7 Å². The zero-order valence-corrected chi connectivity index (χ0v) is 13.8. The van der Waals surface area contributed by atoms with Gasteiger partial charge in [-0.3, -0.25) is 4.79 Å². The number of carbonyl (C=O) groups is 1. The predicted molar refractivity (Wildman–Crippen MR) is 82.0 cm³/mol. The Hall–Kier alpha value is -0.490. The Morgan fingerprint density at radius 1 is 1.14 bits per heavy atom. The first kappa shape index (κ1) is 19.6. The molecular formula is C15H26ClF3N2O. The van der Waals surface area contributed by atoms with Crippen LogP contribution in [0, 0.1) is 17.8 Å². The zero-order valence-electron chi connectivity index (χ0n) is 13.0. The van der Waals surface area contributed by atoms with Crippen LogP contribution in [0.5, 0.6) is 0 Å². The molecule has 2 fully saturated rings. The summed E-state index contributed by atoms with van der Waals surface area (Å²) < 4.78 is 39.3. The first-order chi connectivity index (χ1) is 9.93. The summed E-state index contributed by atoms with van der Waals surface area (Å²) >= 11 is 0. The molecule has 1 saturated heterocycles. The molecule has 0 aromatic heterocycles. The van der Waals surface area contributed by atoms with Crippen molar-refractivity contribution in [1.82, 2.24) is 10.2 Å². The summed E-state index contributed by atoms with van der Waals surface area (Å²) in [6.07, 6.45) is -0.663. The van der Waals surface area contributed by atoms with E-state index in [4.69, 9.17) is 0 Å². The second-order valence-electron chi connectivity index (χ2n) is 6.37. The van der Waals surface area contributed by atoms with Gasteiger partial charge >= 0.3 is 6.18 Å². The molecule has 1 N–H and O–H groups in total. The highest BCUT2D eigenvalue weighted by atomic mass is 35.5. The van der Waals surface area contributed by atoms with Crippen molar-refractivity contribution >= 4 is 18.3 Å². The lowest BCUT2D eigenvalue weighted by Gasteiger charge is -2.38. The topological polar surface area (TPSA) is 32.3 Å². The van der Waals surface area contributed by atoms with E-state index in [0.29, 0.717) is 31.8 Å². The summed E-state index contributed by atoms with van der Waals surface area (Å²) in [6.45, 7) is 2.12. The Morgan fingerprint density at radius 2 is 1.73 bits per heavy atom. The van der Waals surface area contributed by atoms with Crippen molar-refractivity contribution in [1.29, 1.82) is 0 Å². The molecule has 3 nitrogen and oxygen atoms in total. The second-order valence-corrected chi connectivity index (χ2v) is 6.37. The number of hydrogen-bond donors (Lipinski definition) is 1. The number of amides is 1. The lowest BCUT2D eigenvalue weighted by atomic mass is 9.77. The third-order valence-corrected chi connectivity index (χ3v) is 4.92. The zero-order chi connectivity index (χ0) is 15.5. The van der Waals surface area contributed by atoms with E-state index < -0.39 is 18.0 Å². The second kappa shape index (κ2) is 8.39. The molecule has 2 unspecified atom stereocenters. The number of carbonyl (C=O) groups excluding carboxylic acids is 1. The molecule has 0 aromatic carbocycles. The van der Waals surface area contributed by atoms with Gasteiger partial charge in [-0.2, -0.15) is 13.2 Å². The molecule has 2 aliphatic rings. The Labute approximate surface area is 136 Å². The van der Waals surface area contributed by atoms with Gasteiger partial charge in [0.15, 0.2) is 0 Å². The Morgan fingerprint density at radius 3 is 2.27 bits per heavy atom. The number of nitrogens with zero attached hydrogens (tertiary/aromatic N) is 1. The number of halogens is 4. The van der Waals surface area contributed by atoms with E-state index in [0.717, 1.165) is 25.8 Å². The van der Waals surface area contributed by atoms with E-state index in [9.17, 15) is 18.0 Å². The highest BCUT2D eigenvalue weighted by Gasteiger charge is 2.49. The fourth-order valence-corrected chi connectivity index (χ4v) is 3.70. The van der Waals surface area contributed by atoms with Gasteiger partial charge in [0.05, 0.1) is 5.92 Å². The van der Waals surface area contributed by atoms with E-state index in [1.807, 2.05) is 7.05 Å². The van der Waals surface area contributed by atoms with Gasteiger partial charge in [-0.05, 0) is 45.2 Å². The summed E-state index contributed by atoms with van der Waals surface area (Å²) in [5.41, 5.74) is 0. The lowest BCUT2D eigenvalue weighted by Crippen LogP contribution is -2.47. The minimum absolute atomic E-state index is 0. The Balaban J connectivity index is 0.00000242. The molecule has 1 aliphatic heterocycles. The van der Waals surface area contributed by atoms with E-state index >= 15 is 0 Å². The molecule has 1 amide bonds. The first-order valence-electron chi connectivity index (χ1n) is 7.93. The van der Waals surface area contributed by atoms with E-state index in [2.05, 4.69) is 5.32 Å². The van der Waals surface area contributed by atoms with Gasteiger partial charge in [0.2, 0.25) is 5.91 Å². The van der Waals surface area contributed by atoms with Crippen molar-refractivity contribution < 1.29 is 18.0 Å². The first-order valence-corrected chi connectivity index (χ1v) is 7.93. The molecule has 1 heterocycles. The van der Waals surface area contributed by atoms with Crippen LogP contribution in [0.3, 0.4) is 0 Å². The van der Waals surface area contributed by atoms with Crippen molar-refractivity contribution in [2.45, 2.75) is 44.7 Å². The number of hydrogen-bond acceptors (Lipinski definition) is 2. The Bertz CT molecular complexity index is 357. The van der Waals surface area contributed by atoms with Crippen LogP contribution in [-0.2, 0) is 4.79 Å². The normalized spacial score (nSPS) is 27.4. The fraction of sp³-hybridized carbons (Fsp3) is 0.933. The van der Waals surface area contributed by atoms with Gasteiger partial charge in [-0.15, -0.1) is 12.4 Å². The third-order valence-electron chi connectivity index (χ3n) is 4.92. The molecule has 7 heteroatoms. The quantitative estimate of drug-likeness (QED) is 0.854. The van der Waals surface area contributed by atoms with E-state index in [-0.39, 0.29) is 24.7 Å². The molecule has 22 heavy (non-hydrogen) atoms. The van der Waals surface area contributed by atoms with Gasteiger partial charge in [-0.1, -0.05) is 12.8 Å². The van der Waals surface area contributed by atoms with Crippen molar-refractivity contribution in [3.05, 3.63) is 0 Å². The molecule has 1 aliphatic carbocycles. The van der Waals surface area contributed by atoms with E-state index in [1.54, 1.807) is 4.90 Å². The standard InChI is InChI=1S/C15H25F3N2O.ClH/c1-19-10-11-6-8-20(9-7-11)14(21)12-4-2-3-5-13(12)15(16,17)18;/h11-13,19H,2-10H2,1H3;1H. The monoisotopic (exact) mass is 342 g/mol. The van der Waals surface area contributed by atoms with Crippen molar-refractivity contribution in [2.75, 3.05) is 26.7 Å². The molecule has 1 saturated carbocycles. The van der Waals surface area contributed by atoms with Crippen LogP contribution in [0.1, 0.15) is 38.5 Å². The van der Waals surface area contributed by atoms with Crippen LogP contribution in [0.15, 0.2) is 0 Å². The predicted octanol–water partition coefficient (Wildman–Crippen LogP) is 3.23. The average Bonchev–Trinajstić information content (AvgIpc) is 2.47. The van der Waals surface area contributed by atoms with Crippen molar-refractivity contribution in [3.8, 4) is 0 Å². The van der Waals surface area contributed by atoms with Crippen LogP contribution < -0.4 is 5.32 Å². The highest BCUT2D eigenvalue weighted by molar-refractivity contribution is 5.85. The number of likely N-dealkylation sites (tertiary alicyclic amines) is 1. The summed E-state index contributed by atoms with van der Waals surface area (Å²) in [6, 6.07) is 0. The minimum atomic E-state index is -4.24. The third kappa shape index (κ3) is 4.75. The lowest BCUT2D eigenvalue weighted by molar-refractivity contribution is -0.201. The maximum absolute atomic E-state index is 13.1. The largest absolute Gasteiger partial charge is 0.392 e. The van der Waals surface area contributed by atoms with Gasteiger partial charge in [-0.25, -0.2) is 0 Å². The number of rotatable bonds is 3.